The summed E-state index contributed by atoms with van der Waals surface area (Å²) < 4.78 is 19.4. The lowest BCUT2D eigenvalue weighted by Gasteiger charge is -2.24. The molecular weight excluding hydrogens is 298 g/mol. The molecule has 1 N–H and O–H groups in total. The van der Waals surface area contributed by atoms with E-state index in [1.165, 1.54) is 13.0 Å². The van der Waals surface area contributed by atoms with Crippen molar-refractivity contribution in [3.8, 4) is 0 Å². The van der Waals surface area contributed by atoms with Gasteiger partial charge in [0.25, 0.3) is 0 Å². The summed E-state index contributed by atoms with van der Waals surface area (Å²) in [6.07, 6.45) is 0. The monoisotopic (exact) mass is 310 g/mol. The number of rotatable bonds is 4. The molecule has 0 amide bonds. The molecule has 0 spiro atoms. The van der Waals surface area contributed by atoms with Crippen LogP contribution in [0.4, 0.5) is 4.39 Å². The highest BCUT2D eigenvalue weighted by Gasteiger charge is 2.28. The minimum atomic E-state index is -1.38. The molecule has 0 saturated carbocycles. The van der Waals surface area contributed by atoms with Gasteiger partial charge in [-0.3, -0.25) is 0 Å². The fourth-order valence-corrected chi connectivity index (χ4v) is 1.79. The van der Waals surface area contributed by atoms with Crippen LogP contribution in [0.5, 0.6) is 0 Å². The third kappa shape index (κ3) is 2.94. The Kier molecular flexibility index (Phi) is 4.73. The SMILES string of the molecule is CCOCC(C)(O)c1ccc(Br)c(Cl)c1F. The lowest BCUT2D eigenvalue weighted by Crippen LogP contribution is -2.29. The predicted molar refractivity (Wildman–Crippen MR) is 65.2 cm³/mol. The summed E-state index contributed by atoms with van der Waals surface area (Å²) in [6.45, 7) is 3.78. The molecular formula is C11H13BrClFO2. The summed E-state index contributed by atoms with van der Waals surface area (Å²) in [4.78, 5) is 0. The van der Waals surface area contributed by atoms with Crippen molar-refractivity contribution in [3.63, 3.8) is 0 Å². The van der Waals surface area contributed by atoms with E-state index in [-0.39, 0.29) is 17.2 Å². The molecule has 1 rings (SSSR count). The first-order valence-electron chi connectivity index (χ1n) is 4.84. The van der Waals surface area contributed by atoms with Gasteiger partial charge in [0.05, 0.1) is 11.6 Å². The first kappa shape index (κ1) is 13.9. The summed E-state index contributed by atoms with van der Waals surface area (Å²) in [5.74, 6) is -0.624. The van der Waals surface area contributed by atoms with E-state index >= 15 is 0 Å². The first-order valence-corrected chi connectivity index (χ1v) is 6.01. The van der Waals surface area contributed by atoms with Gasteiger partial charge in [-0.05, 0) is 35.8 Å². The molecule has 16 heavy (non-hydrogen) atoms. The van der Waals surface area contributed by atoms with Gasteiger partial charge in [-0.1, -0.05) is 17.7 Å². The Hall–Kier alpha value is -0.160. The van der Waals surface area contributed by atoms with Crippen molar-refractivity contribution < 1.29 is 14.2 Å². The zero-order valence-electron chi connectivity index (χ0n) is 9.06. The summed E-state index contributed by atoms with van der Waals surface area (Å²) >= 11 is 8.86. The number of hydrogen-bond donors (Lipinski definition) is 1. The van der Waals surface area contributed by atoms with Gasteiger partial charge in [0.2, 0.25) is 0 Å². The van der Waals surface area contributed by atoms with Crippen molar-refractivity contribution in [1.29, 1.82) is 0 Å². The third-order valence-corrected chi connectivity index (χ3v) is 3.46. The molecule has 0 fully saturated rings. The fourth-order valence-electron chi connectivity index (χ4n) is 1.32. The smallest absolute Gasteiger partial charge is 0.149 e. The molecule has 0 radical (unpaired) electrons. The van der Waals surface area contributed by atoms with Crippen molar-refractivity contribution >= 4 is 27.5 Å². The second-order valence-corrected chi connectivity index (χ2v) is 4.87. The average molecular weight is 312 g/mol. The van der Waals surface area contributed by atoms with Crippen molar-refractivity contribution in [2.75, 3.05) is 13.2 Å². The molecule has 0 saturated heterocycles. The van der Waals surface area contributed by atoms with Crippen LogP contribution in [0, 0.1) is 5.82 Å². The number of benzene rings is 1. The van der Waals surface area contributed by atoms with Crippen LogP contribution in [0.25, 0.3) is 0 Å². The fraction of sp³-hybridized carbons (Fsp3) is 0.455. The topological polar surface area (TPSA) is 29.5 Å². The number of ether oxygens (including phenoxy) is 1. The van der Waals surface area contributed by atoms with Crippen molar-refractivity contribution in [2.45, 2.75) is 19.4 Å². The molecule has 90 valence electrons. The Morgan fingerprint density at radius 3 is 2.75 bits per heavy atom. The van der Waals surface area contributed by atoms with Gasteiger partial charge in [0.15, 0.2) is 0 Å². The molecule has 1 aromatic rings. The van der Waals surface area contributed by atoms with E-state index in [0.29, 0.717) is 11.1 Å². The molecule has 5 heteroatoms. The van der Waals surface area contributed by atoms with Gasteiger partial charge in [0, 0.05) is 16.6 Å². The Bertz CT molecular complexity index is 382. The lowest BCUT2D eigenvalue weighted by atomic mass is 9.96. The molecule has 0 bridgehead atoms. The number of halogens is 3. The van der Waals surface area contributed by atoms with Crippen LogP contribution in [0.15, 0.2) is 16.6 Å². The van der Waals surface area contributed by atoms with Crippen LogP contribution in [0.2, 0.25) is 5.02 Å². The third-order valence-electron chi connectivity index (χ3n) is 2.20. The van der Waals surface area contributed by atoms with Crippen LogP contribution in [-0.4, -0.2) is 18.3 Å². The van der Waals surface area contributed by atoms with Crippen molar-refractivity contribution in [1.82, 2.24) is 0 Å². The second kappa shape index (κ2) is 5.45. The molecule has 1 aromatic carbocycles. The maximum atomic E-state index is 13.8. The maximum Gasteiger partial charge on any atom is 0.149 e. The van der Waals surface area contributed by atoms with Gasteiger partial charge in [-0.15, -0.1) is 0 Å². The largest absolute Gasteiger partial charge is 0.383 e. The molecule has 0 heterocycles. The molecule has 1 atom stereocenters. The van der Waals surface area contributed by atoms with Crippen molar-refractivity contribution in [3.05, 3.63) is 33.0 Å². The normalized spacial score (nSPS) is 14.9. The lowest BCUT2D eigenvalue weighted by molar-refractivity contribution is -0.0365. The van der Waals surface area contributed by atoms with E-state index in [2.05, 4.69) is 15.9 Å². The Morgan fingerprint density at radius 1 is 1.56 bits per heavy atom. The van der Waals surface area contributed by atoms with Gasteiger partial charge in [0.1, 0.15) is 11.4 Å². The van der Waals surface area contributed by atoms with E-state index in [1.807, 2.05) is 0 Å². The number of hydrogen-bond acceptors (Lipinski definition) is 2. The average Bonchev–Trinajstić information content (AvgIpc) is 2.23. The van der Waals surface area contributed by atoms with Crippen LogP contribution in [0.1, 0.15) is 19.4 Å². The van der Waals surface area contributed by atoms with E-state index in [0.717, 1.165) is 0 Å². The van der Waals surface area contributed by atoms with E-state index in [9.17, 15) is 9.50 Å². The highest BCUT2D eigenvalue weighted by Crippen LogP contribution is 2.32. The molecule has 2 nitrogen and oxygen atoms in total. The maximum absolute atomic E-state index is 13.8. The summed E-state index contributed by atoms with van der Waals surface area (Å²) in [5.41, 5.74) is -1.25. The van der Waals surface area contributed by atoms with Crippen LogP contribution in [-0.2, 0) is 10.3 Å². The highest BCUT2D eigenvalue weighted by atomic mass is 79.9. The van der Waals surface area contributed by atoms with Gasteiger partial charge in [-0.25, -0.2) is 4.39 Å². The molecule has 0 aliphatic rings. The van der Waals surface area contributed by atoms with Gasteiger partial charge >= 0.3 is 0 Å². The van der Waals surface area contributed by atoms with Gasteiger partial charge < -0.3 is 9.84 Å². The minimum absolute atomic E-state index is 0.0262. The summed E-state index contributed by atoms with van der Waals surface area (Å²) in [5, 5.41) is 10.0. The zero-order chi connectivity index (χ0) is 12.3. The Balaban J connectivity index is 3.08. The molecule has 0 aliphatic carbocycles. The summed E-state index contributed by atoms with van der Waals surface area (Å²) in [7, 11) is 0. The van der Waals surface area contributed by atoms with E-state index < -0.39 is 11.4 Å². The van der Waals surface area contributed by atoms with E-state index in [4.69, 9.17) is 16.3 Å². The Labute approximate surface area is 108 Å². The quantitative estimate of drug-likeness (QED) is 0.863. The highest BCUT2D eigenvalue weighted by molar-refractivity contribution is 9.10. The van der Waals surface area contributed by atoms with Crippen LogP contribution < -0.4 is 0 Å². The molecule has 0 aliphatic heterocycles. The first-order chi connectivity index (χ1) is 7.40. The predicted octanol–water partition coefficient (Wildman–Crippen LogP) is 3.49. The molecule has 0 aromatic heterocycles. The van der Waals surface area contributed by atoms with Crippen LogP contribution in [0.3, 0.4) is 0 Å². The zero-order valence-corrected chi connectivity index (χ0v) is 11.4. The molecule has 1 unspecified atom stereocenters. The number of aliphatic hydroxyl groups is 1. The Morgan fingerprint density at radius 2 is 2.19 bits per heavy atom. The van der Waals surface area contributed by atoms with E-state index in [1.54, 1.807) is 13.0 Å². The van der Waals surface area contributed by atoms with Crippen LogP contribution >= 0.6 is 27.5 Å². The standard InChI is InChI=1S/C11H13BrClFO2/c1-3-16-6-11(2,15)7-4-5-8(12)9(13)10(7)14/h4-5,15H,3,6H2,1-2H3. The second-order valence-electron chi connectivity index (χ2n) is 3.63. The minimum Gasteiger partial charge on any atom is -0.383 e. The van der Waals surface area contributed by atoms with Crippen molar-refractivity contribution in [2.24, 2.45) is 0 Å². The summed E-state index contributed by atoms with van der Waals surface area (Å²) in [6, 6.07) is 3.09. The van der Waals surface area contributed by atoms with Gasteiger partial charge in [-0.2, -0.15) is 0 Å².